The van der Waals surface area contributed by atoms with Crippen LogP contribution in [0.1, 0.15) is 22.3 Å². The maximum Gasteiger partial charge on any atom is 0.0714 e. The van der Waals surface area contributed by atoms with Crippen LogP contribution in [-0.2, 0) is 5.41 Å². The summed E-state index contributed by atoms with van der Waals surface area (Å²) in [5, 5.41) is 6.37. The quantitative estimate of drug-likeness (QED) is 0.216. The van der Waals surface area contributed by atoms with Crippen LogP contribution in [0, 0.1) is 0 Å². The molecule has 0 saturated heterocycles. The third kappa shape index (κ3) is 3.76. The molecule has 2 heteroatoms. The molecule has 7 aromatic carbocycles. The highest BCUT2D eigenvalue weighted by molar-refractivity contribution is 6.09. The van der Waals surface area contributed by atoms with Gasteiger partial charge in [-0.15, -0.1) is 0 Å². The minimum absolute atomic E-state index is 0.410. The van der Waals surface area contributed by atoms with E-state index in [0.717, 1.165) is 17.1 Å². The van der Waals surface area contributed by atoms with Crippen LogP contribution in [0.25, 0.3) is 38.6 Å². The van der Waals surface area contributed by atoms with E-state index in [1.165, 1.54) is 55.2 Å². The Hall–Kier alpha value is -5.86. The highest BCUT2D eigenvalue weighted by Crippen LogP contribution is 2.58. The number of fused-ring (bicyclic) bond motifs is 6. The molecule has 45 heavy (non-hydrogen) atoms. The fourth-order valence-electron chi connectivity index (χ4n) is 7.65. The Kier molecular flexibility index (Phi) is 5.76. The molecule has 0 amide bonds. The van der Waals surface area contributed by atoms with Crippen molar-refractivity contribution in [3.05, 3.63) is 198 Å². The molecule has 0 bridgehead atoms. The Bertz CT molecular complexity index is 2240. The summed E-state index contributed by atoms with van der Waals surface area (Å²) >= 11 is 0. The molecular formula is C43H30N2. The van der Waals surface area contributed by atoms with E-state index in [1.807, 2.05) is 0 Å². The normalized spacial score (nSPS) is 13.1. The highest BCUT2D eigenvalue weighted by Gasteiger charge is 2.46. The van der Waals surface area contributed by atoms with Crippen LogP contribution in [0.5, 0.6) is 0 Å². The van der Waals surface area contributed by atoms with E-state index >= 15 is 0 Å². The first-order valence-corrected chi connectivity index (χ1v) is 15.5. The predicted molar refractivity (Wildman–Crippen MR) is 188 cm³/mol. The zero-order valence-corrected chi connectivity index (χ0v) is 24.7. The van der Waals surface area contributed by atoms with Crippen molar-refractivity contribution in [2.24, 2.45) is 0 Å². The summed E-state index contributed by atoms with van der Waals surface area (Å²) in [4.78, 5) is 0. The van der Waals surface area contributed by atoms with Gasteiger partial charge in [-0.1, -0.05) is 133 Å². The van der Waals surface area contributed by atoms with Crippen LogP contribution in [0.4, 0.5) is 11.4 Å². The van der Waals surface area contributed by atoms with E-state index in [9.17, 15) is 0 Å². The Balaban J connectivity index is 1.18. The average molecular weight is 575 g/mol. The average Bonchev–Trinajstić information content (AvgIpc) is 3.61. The lowest BCUT2D eigenvalue weighted by Gasteiger charge is -2.33. The largest absolute Gasteiger partial charge is 0.355 e. The van der Waals surface area contributed by atoms with E-state index in [2.05, 4.69) is 186 Å². The molecule has 0 radical (unpaired) electrons. The first-order valence-electron chi connectivity index (χ1n) is 15.5. The van der Waals surface area contributed by atoms with Gasteiger partial charge in [0, 0.05) is 33.4 Å². The number of para-hydroxylation sites is 2. The third-order valence-corrected chi connectivity index (χ3v) is 9.47. The van der Waals surface area contributed by atoms with Gasteiger partial charge in [0.2, 0.25) is 0 Å². The number of rotatable bonds is 5. The minimum atomic E-state index is -0.410. The van der Waals surface area contributed by atoms with Gasteiger partial charge in [-0.3, -0.25) is 0 Å². The molecule has 0 fully saturated rings. The van der Waals surface area contributed by atoms with Crippen LogP contribution in [-0.4, -0.2) is 4.57 Å². The zero-order chi connectivity index (χ0) is 29.8. The van der Waals surface area contributed by atoms with Crippen molar-refractivity contribution in [1.82, 2.24) is 4.57 Å². The predicted octanol–water partition coefficient (Wildman–Crippen LogP) is 10.9. The SMILES string of the molecule is c1ccc(C2(c3ccccc3)c3ccccc3-c3c(Nc4ccc(-n5c6ccccc6c6ccccc65)cc4)cccc32)cc1. The third-order valence-electron chi connectivity index (χ3n) is 9.47. The fraction of sp³-hybridized carbons (Fsp3) is 0.0233. The van der Waals surface area contributed by atoms with Gasteiger partial charge in [0.05, 0.1) is 16.4 Å². The molecule has 1 N–H and O–H groups in total. The Morgan fingerprint density at radius 3 is 1.60 bits per heavy atom. The Morgan fingerprint density at radius 2 is 0.956 bits per heavy atom. The van der Waals surface area contributed by atoms with Crippen LogP contribution >= 0.6 is 0 Å². The number of hydrogen-bond donors (Lipinski definition) is 1. The van der Waals surface area contributed by atoms with Gasteiger partial charge >= 0.3 is 0 Å². The second-order valence-electron chi connectivity index (χ2n) is 11.8. The lowest BCUT2D eigenvalue weighted by molar-refractivity contribution is 0.768. The van der Waals surface area contributed by atoms with Gasteiger partial charge in [0.25, 0.3) is 0 Å². The number of anilines is 2. The van der Waals surface area contributed by atoms with E-state index in [1.54, 1.807) is 0 Å². The minimum Gasteiger partial charge on any atom is -0.355 e. The lowest BCUT2D eigenvalue weighted by atomic mass is 9.68. The first-order chi connectivity index (χ1) is 22.3. The van der Waals surface area contributed by atoms with Crippen molar-refractivity contribution in [1.29, 1.82) is 0 Å². The van der Waals surface area contributed by atoms with Crippen molar-refractivity contribution >= 4 is 33.2 Å². The molecule has 8 aromatic rings. The summed E-state index contributed by atoms with van der Waals surface area (Å²) in [5.74, 6) is 0. The second-order valence-corrected chi connectivity index (χ2v) is 11.8. The van der Waals surface area contributed by atoms with Crippen LogP contribution in [0.2, 0.25) is 0 Å². The number of nitrogens with zero attached hydrogens (tertiary/aromatic N) is 1. The van der Waals surface area contributed by atoms with E-state index in [4.69, 9.17) is 0 Å². The molecule has 0 spiro atoms. The number of hydrogen-bond acceptors (Lipinski definition) is 1. The molecule has 2 nitrogen and oxygen atoms in total. The van der Waals surface area contributed by atoms with Crippen molar-refractivity contribution < 1.29 is 0 Å². The van der Waals surface area contributed by atoms with Gasteiger partial charge in [-0.2, -0.15) is 0 Å². The topological polar surface area (TPSA) is 17.0 Å². The molecule has 1 aromatic heterocycles. The lowest BCUT2D eigenvalue weighted by Crippen LogP contribution is -2.28. The van der Waals surface area contributed by atoms with Gasteiger partial charge in [0.15, 0.2) is 0 Å². The first kappa shape index (κ1) is 25.6. The highest BCUT2D eigenvalue weighted by atomic mass is 15.0. The van der Waals surface area contributed by atoms with Crippen molar-refractivity contribution in [2.45, 2.75) is 5.41 Å². The molecule has 1 aliphatic rings. The monoisotopic (exact) mass is 574 g/mol. The van der Waals surface area contributed by atoms with Crippen molar-refractivity contribution in [3.63, 3.8) is 0 Å². The van der Waals surface area contributed by atoms with Crippen molar-refractivity contribution in [2.75, 3.05) is 5.32 Å². The molecular weight excluding hydrogens is 544 g/mol. The van der Waals surface area contributed by atoms with E-state index in [0.29, 0.717) is 0 Å². The maximum atomic E-state index is 3.82. The number of nitrogens with one attached hydrogen (secondary N) is 1. The van der Waals surface area contributed by atoms with Gasteiger partial charge < -0.3 is 9.88 Å². The smallest absolute Gasteiger partial charge is 0.0714 e. The second kappa shape index (κ2) is 10.1. The van der Waals surface area contributed by atoms with Gasteiger partial charge in [-0.05, 0) is 70.3 Å². The van der Waals surface area contributed by atoms with Crippen LogP contribution in [0.15, 0.2) is 176 Å². The summed E-state index contributed by atoms with van der Waals surface area (Å²) in [6.07, 6.45) is 0. The maximum absolute atomic E-state index is 3.82. The molecule has 9 rings (SSSR count). The summed E-state index contributed by atoms with van der Waals surface area (Å²) in [6.45, 7) is 0. The summed E-state index contributed by atoms with van der Waals surface area (Å²) < 4.78 is 2.36. The summed E-state index contributed by atoms with van der Waals surface area (Å²) in [7, 11) is 0. The molecule has 0 saturated carbocycles. The van der Waals surface area contributed by atoms with Crippen LogP contribution in [0.3, 0.4) is 0 Å². The molecule has 0 aliphatic heterocycles. The van der Waals surface area contributed by atoms with E-state index in [-0.39, 0.29) is 0 Å². The van der Waals surface area contributed by atoms with Crippen molar-refractivity contribution in [3.8, 4) is 16.8 Å². The van der Waals surface area contributed by atoms with Gasteiger partial charge in [0.1, 0.15) is 0 Å². The summed E-state index contributed by atoms with van der Waals surface area (Å²) in [5.41, 5.74) is 13.0. The van der Waals surface area contributed by atoms with E-state index < -0.39 is 5.41 Å². The molecule has 1 aliphatic carbocycles. The molecule has 1 heterocycles. The Labute approximate surface area is 262 Å². The fourth-order valence-corrected chi connectivity index (χ4v) is 7.65. The molecule has 0 unspecified atom stereocenters. The molecule has 0 atom stereocenters. The van der Waals surface area contributed by atoms with Gasteiger partial charge in [-0.25, -0.2) is 0 Å². The number of aromatic nitrogens is 1. The Morgan fingerprint density at radius 1 is 0.422 bits per heavy atom. The van der Waals surface area contributed by atoms with Crippen LogP contribution < -0.4 is 5.32 Å². The zero-order valence-electron chi connectivity index (χ0n) is 24.7. The summed E-state index contributed by atoms with van der Waals surface area (Å²) in [6, 6.07) is 63.7. The molecule has 212 valence electrons. The number of benzene rings is 7. The standard InChI is InChI=1S/C43H30N2/c1-3-14-30(15-4-1)43(31-16-5-2-6-17-31)37-21-10-7-20-36(37)42-38(43)22-13-23-39(42)44-32-26-28-33(29-27-32)45-40-24-11-8-18-34(40)35-19-9-12-25-41(35)45/h1-29,44H.